The Morgan fingerprint density at radius 1 is 0.353 bits per heavy atom. The largest absolute Gasteiger partial charge is 0.455 e. The van der Waals surface area contributed by atoms with Crippen LogP contribution in [0.25, 0.3) is 82.8 Å². The van der Waals surface area contributed by atoms with Gasteiger partial charge in [-0.05, 0) is 68.8 Å². The fourth-order valence-electron chi connectivity index (χ4n) is 9.77. The minimum absolute atomic E-state index is 0.482. The highest BCUT2D eigenvalue weighted by Gasteiger charge is 2.52. The number of hydrogen-bond donors (Lipinski definition) is 0. The highest BCUT2D eigenvalue weighted by molar-refractivity contribution is 6.13. The SMILES string of the molecule is c1ccc2c(c1)-c1c(-c3cccc4c3oc3ccccc34)cccc1C21c2ccccc2-c2c(-n3c4ccccc4c4ccccc43)cccc21. The lowest BCUT2D eigenvalue weighted by Crippen LogP contribution is -2.25. The first-order chi connectivity index (χ1) is 25.3. The second-order valence-electron chi connectivity index (χ2n) is 13.9. The maximum atomic E-state index is 6.64. The first-order valence-corrected chi connectivity index (χ1v) is 17.7. The van der Waals surface area contributed by atoms with E-state index in [0.717, 1.165) is 27.5 Å². The van der Waals surface area contributed by atoms with E-state index in [0.29, 0.717) is 0 Å². The summed E-state index contributed by atoms with van der Waals surface area (Å²) < 4.78 is 9.13. The van der Waals surface area contributed by atoms with Gasteiger partial charge >= 0.3 is 0 Å². The van der Waals surface area contributed by atoms with Gasteiger partial charge in [-0.2, -0.15) is 0 Å². The fourth-order valence-corrected chi connectivity index (χ4v) is 9.77. The van der Waals surface area contributed by atoms with Crippen molar-refractivity contribution in [2.24, 2.45) is 0 Å². The molecule has 1 spiro atoms. The van der Waals surface area contributed by atoms with Gasteiger partial charge in [-0.1, -0.05) is 152 Å². The van der Waals surface area contributed by atoms with Crippen molar-refractivity contribution in [1.82, 2.24) is 4.57 Å². The Kier molecular flexibility index (Phi) is 5.20. The molecule has 2 aromatic heterocycles. The van der Waals surface area contributed by atoms with E-state index >= 15 is 0 Å². The Hall–Kier alpha value is -6.64. The lowest BCUT2D eigenvalue weighted by atomic mass is 9.70. The molecule has 1 unspecified atom stereocenters. The molecule has 0 N–H and O–H groups in total. The van der Waals surface area contributed by atoms with Crippen LogP contribution in [0.4, 0.5) is 0 Å². The molecule has 0 saturated carbocycles. The monoisotopic (exact) mass is 647 g/mol. The molecule has 0 fully saturated rings. The molecule has 2 heteroatoms. The molecule has 0 radical (unpaired) electrons. The molecule has 2 nitrogen and oxygen atoms in total. The van der Waals surface area contributed by atoms with Gasteiger partial charge < -0.3 is 8.98 Å². The van der Waals surface area contributed by atoms with Crippen LogP contribution in [-0.2, 0) is 5.41 Å². The van der Waals surface area contributed by atoms with Crippen molar-refractivity contribution in [1.29, 1.82) is 0 Å². The van der Waals surface area contributed by atoms with Gasteiger partial charge in [0, 0.05) is 32.7 Å². The summed E-state index contributed by atoms with van der Waals surface area (Å²) in [4.78, 5) is 0. The molecule has 2 aliphatic carbocycles. The van der Waals surface area contributed by atoms with Crippen molar-refractivity contribution in [3.8, 4) is 39.1 Å². The Morgan fingerprint density at radius 3 is 1.59 bits per heavy atom. The predicted octanol–water partition coefficient (Wildman–Crippen LogP) is 12.7. The smallest absolute Gasteiger partial charge is 0.143 e. The third-order valence-electron chi connectivity index (χ3n) is 11.6. The second kappa shape index (κ2) is 9.74. The molecule has 10 aromatic rings. The summed E-state index contributed by atoms with van der Waals surface area (Å²) in [5, 5.41) is 4.84. The van der Waals surface area contributed by atoms with E-state index in [9.17, 15) is 0 Å². The summed E-state index contributed by atoms with van der Waals surface area (Å²) in [6.45, 7) is 0. The number of aromatic nitrogens is 1. The molecule has 0 saturated heterocycles. The van der Waals surface area contributed by atoms with E-state index in [4.69, 9.17) is 4.42 Å². The normalized spacial score (nSPS) is 15.5. The lowest BCUT2D eigenvalue weighted by molar-refractivity contribution is 0.670. The topological polar surface area (TPSA) is 18.1 Å². The lowest BCUT2D eigenvalue weighted by Gasteiger charge is -2.30. The summed E-state index contributed by atoms with van der Waals surface area (Å²) in [7, 11) is 0. The van der Waals surface area contributed by atoms with Gasteiger partial charge in [0.05, 0.1) is 22.1 Å². The number of nitrogens with zero attached hydrogens (tertiary/aromatic N) is 1. The zero-order valence-electron chi connectivity index (χ0n) is 27.6. The zero-order chi connectivity index (χ0) is 33.3. The standard InChI is InChI=1S/C49H29NO/c1-6-22-38-36(17-1)46-33(35-21-11-20-34-32-16-5-10-29-45(32)51-48(34)35)19-12-24-40(46)49(38)39-23-7-2-18-37(39)47-41(49)25-13-28-44(47)50-42-26-8-3-14-30(42)31-15-4-9-27-43(31)50/h1-29H. The van der Waals surface area contributed by atoms with Crippen LogP contribution in [0.3, 0.4) is 0 Å². The third kappa shape index (κ3) is 3.28. The fraction of sp³-hybridized carbons (Fsp3) is 0.0204. The predicted molar refractivity (Wildman–Crippen MR) is 210 cm³/mol. The number of furan rings is 1. The number of benzene rings is 8. The molecule has 236 valence electrons. The van der Waals surface area contributed by atoms with Crippen LogP contribution in [0, 0.1) is 0 Å². The van der Waals surface area contributed by atoms with Crippen molar-refractivity contribution in [2.45, 2.75) is 5.41 Å². The van der Waals surface area contributed by atoms with Crippen LogP contribution in [0.2, 0.25) is 0 Å². The highest BCUT2D eigenvalue weighted by Crippen LogP contribution is 2.65. The molecule has 51 heavy (non-hydrogen) atoms. The average molecular weight is 648 g/mol. The minimum atomic E-state index is -0.482. The van der Waals surface area contributed by atoms with Crippen molar-refractivity contribution >= 4 is 43.7 Å². The van der Waals surface area contributed by atoms with Gasteiger partial charge in [0.25, 0.3) is 0 Å². The summed E-state index contributed by atoms with van der Waals surface area (Å²) in [6.07, 6.45) is 0. The molecule has 0 aliphatic heterocycles. The van der Waals surface area contributed by atoms with Crippen LogP contribution in [0.1, 0.15) is 22.3 Å². The number of para-hydroxylation sites is 4. The Balaban J connectivity index is 1.21. The van der Waals surface area contributed by atoms with Crippen LogP contribution in [0.5, 0.6) is 0 Å². The molecule has 2 aliphatic rings. The van der Waals surface area contributed by atoms with Gasteiger partial charge in [0.15, 0.2) is 0 Å². The van der Waals surface area contributed by atoms with E-state index in [1.54, 1.807) is 0 Å². The first-order valence-electron chi connectivity index (χ1n) is 17.7. The maximum absolute atomic E-state index is 6.64. The third-order valence-corrected chi connectivity index (χ3v) is 11.6. The van der Waals surface area contributed by atoms with E-state index < -0.39 is 5.41 Å². The van der Waals surface area contributed by atoms with Gasteiger partial charge in [-0.25, -0.2) is 0 Å². The quantitative estimate of drug-likeness (QED) is 0.183. The summed E-state index contributed by atoms with van der Waals surface area (Å²) in [6, 6.07) is 64.6. The number of fused-ring (bicyclic) bond motifs is 16. The molecule has 1 atom stereocenters. The highest BCUT2D eigenvalue weighted by atomic mass is 16.3. The van der Waals surface area contributed by atoms with Crippen molar-refractivity contribution in [3.63, 3.8) is 0 Å². The number of hydrogen-bond acceptors (Lipinski definition) is 1. The molecule has 2 heterocycles. The van der Waals surface area contributed by atoms with Crippen LogP contribution in [-0.4, -0.2) is 4.57 Å². The zero-order valence-corrected chi connectivity index (χ0v) is 27.6. The van der Waals surface area contributed by atoms with E-state index in [1.807, 2.05) is 6.07 Å². The molecule has 0 bridgehead atoms. The van der Waals surface area contributed by atoms with Crippen LogP contribution in [0.15, 0.2) is 180 Å². The van der Waals surface area contributed by atoms with Gasteiger partial charge in [0.1, 0.15) is 11.2 Å². The molecular formula is C49H29NO. The van der Waals surface area contributed by atoms with E-state index in [1.165, 1.54) is 77.6 Å². The van der Waals surface area contributed by atoms with Crippen molar-refractivity contribution < 1.29 is 4.42 Å². The van der Waals surface area contributed by atoms with Gasteiger partial charge in [-0.15, -0.1) is 0 Å². The minimum Gasteiger partial charge on any atom is -0.455 e. The average Bonchev–Trinajstić information content (AvgIpc) is 3.92. The molecule has 12 rings (SSSR count). The van der Waals surface area contributed by atoms with Crippen LogP contribution < -0.4 is 0 Å². The molecule has 8 aromatic carbocycles. The summed E-state index contributed by atoms with van der Waals surface area (Å²) in [5.41, 5.74) is 17.8. The first kappa shape index (κ1) is 27.2. The summed E-state index contributed by atoms with van der Waals surface area (Å²) >= 11 is 0. The van der Waals surface area contributed by atoms with E-state index in [2.05, 4.69) is 174 Å². The van der Waals surface area contributed by atoms with Crippen molar-refractivity contribution in [3.05, 3.63) is 198 Å². The van der Waals surface area contributed by atoms with Crippen molar-refractivity contribution in [2.75, 3.05) is 0 Å². The van der Waals surface area contributed by atoms with E-state index in [-0.39, 0.29) is 0 Å². The number of rotatable bonds is 2. The van der Waals surface area contributed by atoms with Crippen LogP contribution >= 0.6 is 0 Å². The second-order valence-corrected chi connectivity index (χ2v) is 13.9. The molecular weight excluding hydrogens is 619 g/mol. The van der Waals surface area contributed by atoms with Gasteiger partial charge in [-0.3, -0.25) is 0 Å². The van der Waals surface area contributed by atoms with Gasteiger partial charge in [0.2, 0.25) is 0 Å². The maximum Gasteiger partial charge on any atom is 0.143 e. The molecule has 0 amide bonds. The Labute approximate surface area is 294 Å². The summed E-state index contributed by atoms with van der Waals surface area (Å²) in [5.74, 6) is 0. The Bertz CT molecular complexity index is 3050. The Morgan fingerprint density at radius 2 is 0.843 bits per heavy atom.